The van der Waals surface area contributed by atoms with Crippen molar-refractivity contribution in [3.63, 3.8) is 0 Å². The van der Waals surface area contributed by atoms with Gasteiger partial charge in [0.05, 0.1) is 21.5 Å². The van der Waals surface area contributed by atoms with Crippen LogP contribution in [0, 0.1) is 6.92 Å². The number of hydrogen-bond acceptors (Lipinski definition) is 6. The topological polar surface area (TPSA) is 94.0 Å². The molecule has 106 valence electrons. The standard InChI is InChI=1S/C11H10Cl2N4O2S/c1-5-16-17-11(19-5)20-4-9(18)15-10-7(12)2-6(14)3-8(10)13/h2-3H,4,14H2,1H3,(H,15,18). The molecule has 9 heteroatoms. The number of amides is 1. The number of thioether (sulfide) groups is 1. The summed E-state index contributed by atoms with van der Waals surface area (Å²) in [5.41, 5.74) is 6.34. The second-order valence-corrected chi connectivity index (χ2v) is 5.52. The van der Waals surface area contributed by atoms with Gasteiger partial charge in [0, 0.05) is 12.6 Å². The minimum atomic E-state index is -0.292. The Bertz CT molecular complexity index is 624. The highest BCUT2D eigenvalue weighted by Crippen LogP contribution is 2.33. The third-order valence-corrected chi connectivity index (χ3v) is 3.58. The molecule has 1 aromatic carbocycles. The Kier molecular flexibility index (Phi) is 4.74. The van der Waals surface area contributed by atoms with Crippen LogP contribution >= 0.6 is 35.0 Å². The second kappa shape index (κ2) is 6.34. The van der Waals surface area contributed by atoms with Crippen LogP contribution in [-0.2, 0) is 4.79 Å². The maximum atomic E-state index is 11.8. The number of anilines is 2. The number of carbonyl (C=O) groups excluding carboxylic acids is 1. The average molecular weight is 333 g/mol. The second-order valence-electron chi connectivity index (χ2n) is 3.78. The van der Waals surface area contributed by atoms with Crippen molar-refractivity contribution in [2.75, 3.05) is 16.8 Å². The maximum Gasteiger partial charge on any atom is 0.277 e. The Labute approximate surface area is 129 Å². The number of nitrogens with two attached hydrogens (primary N) is 1. The van der Waals surface area contributed by atoms with Gasteiger partial charge in [0.2, 0.25) is 11.8 Å². The van der Waals surface area contributed by atoms with E-state index >= 15 is 0 Å². The molecule has 0 fully saturated rings. The third kappa shape index (κ3) is 3.78. The van der Waals surface area contributed by atoms with Crippen molar-refractivity contribution in [3.8, 4) is 0 Å². The van der Waals surface area contributed by atoms with Gasteiger partial charge in [-0.25, -0.2) is 0 Å². The van der Waals surface area contributed by atoms with Gasteiger partial charge in [-0.2, -0.15) is 0 Å². The van der Waals surface area contributed by atoms with Crippen LogP contribution in [-0.4, -0.2) is 21.9 Å². The predicted molar refractivity (Wildman–Crippen MR) is 79.3 cm³/mol. The Hall–Kier alpha value is -1.44. The van der Waals surface area contributed by atoms with Crippen molar-refractivity contribution in [1.29, 1.82) is 0 Å². The first-order valence-corrected chi connectivity index (χ1v) is 7.17. The monoisotopic (exact) mass is 332 g/mol. The number of rotatable bonds is 4. The van der Waals surface area contributed by atoms with Crippen molar-refractivity contribution < 1.29 is 9.21 Å². The molecule has 1 heterocycles. The van der Waals surface area contributed by atoms with Crippen LogP contribution in [0.15, 0.2) is 21.8 Å². The van der Waals surface area contributed by atoms with E-state index in [1.54, 1.807) is 6.92 Å². The summed E-state index contributed by atoms with van der Waals surface area (Å²) in [5, 5.41) is 10.9. The molecule has 2 rings (SSSR count). The Morgan fingerprint density at radius 3 is 2.60 bits per heavy atom. The summed E-state index contributed by atoms with van der Waals surface area (Å²) in [5.74, 6) is 0.246. The summed E-state index contributed by atoms with van der Waals surface area (Å²) in [4.78, 5) is 11.8. The number of aromatic nitrogens is 2. The largest absolute Gasteiger partial charge is 0.416 e. The van der Waals surface area contributed by atoms with Crippen molar-refractivity contribution in [2.45, 2.75) is 12.1 Å². The molecule has 0 aliphatic heterocycles. The molecule has 2 aromatic rings. The zero-order chi connectivity index (χ0) is 14.7. The number of nitrogens with one attached hydrogen (secondary N) is 1. The molecule has 0 spiro atoms. The summed E-state index contributed by atoms with van der Waals surface area (Å²) in [7, 11) is 0. The number of carbonyl (C=O) groups is 1. The van der Waals surface area contributed by atoms with E-state index < -0.39 is 0 Å². The summed E-state index contributed by atoms with van der Waals surface area (Å²) >= 11 is 13.1. The summed E-state index contributed by atoms with van der Waals surface area (Å²) in [6.07, 6.45) is 0. The first-order valence-electron chi connectivity index (χ1n) is 5.43. The zero-order valence-corrected chi connectivity index (χ0v) is 12.6. The van der Waals surface area contributed by atoms with Gasteiger partial charge in [-0.15, -0.1) is 10.2 Å². The lowest BCUT2D eigenvalue weighted by molar-refractivity contribution is -0.113. The lowest BCUT2D eigenvalue weighted by Crippen LogP contribution is -2.14. The normalized spacial score (nSPS) is 10.6. The quantitative estimate of drug-likeness (QED) is 0.660. The van der Waals surface area contributed by atoms with Gasteiger partial charge in [-0.05, 0) is 12.1 Å². The van der Waals surface area contributed by atoms with Gasteiger partial charge in [0.1, 0.15) is 0 Å². The van der Waals surface area contributed by atoms with Crippen LogP contribution in [0.5, 0.6) is 0 Å². The average Bonchev–Trinajstić information content (AvgIpc) is 2.77. The number of halogens is 2. The van der Waals surface area contributed by atoms with Crippen LogP contribution in [0.2, 0.25) is 10.0 Å². The first-order chi connectivity index (χ1) is 9.45. The van der Waals surface area contributed by atoms with Crippen LogP contribution < -0.4 is 11.1 Å². The van der Waals surface area contributed by atoms with E-state index in [4.69, 9.17) is 33.4 Å². The van der Waals surface area contributed by atoms with Gasteiger partial charge in [-0.1, -0.05) is 35.0 Å². The molecular formula is C11H10Cl2N4O2S. The molecule has 0 aliphatic rings. The molecule has 3 N–H and O–H groups in total. The summed E-state index contributed by atoms with van der Waals surface area (Å²) < 4.78 is 5.14. The van der Waals surface area contributed by atoms with Gasteiger partial charge < -0.3 is 15.5 Å². The molecule has 0 bridgehead atoms. The van der Waals surface area contributed by atoms with E-state index in [0.29, 0.717) is 22.5 Å². The molecule has 0 radical (unpaired) electrons. The molecular weight excluding hydrogens is 323 g/mol. The Balaban J connectivity index is 1.98. The van der Waals surface area contributed by atoms with Crippen molar-refractivity contribution in [1.82, 2.24) is 10.2 Å². The zero-order valence-electron chi connectivity index (χ0n) is 10.3. The highest BCUT2D eigenvalue weighted by molar-refractivity contribution is 7.99. The SMILES string of the molecule is Cc1nnc(SCC(=O)Nc2c(Cl)cc(N)cc2Cl)o1. The van der Waals surface area contributed by atoms with Crippen LogP contribution in [0.4, 0.5) is 11.4 Å². The van der Waals surface area contributed by atoms with Gasteiger partial charge in [0.25, 0.3) is 5.22 Å². The highest BCUT2D eigenvalue weighted by Gasteiger charge is 2.12. The predicted octanol–water partition coefficient (Wildman–Crippen LogP) is 3.00. The van der Waals surface area contributed by atoms with Crippen LogP contribution in [0.3, 0.4) is 0 Å². The lowest BCUT2D eigenvalue weighted by Gasteiger charge is -2.09. The van der Waals surface area contributed by atoms with E-state index in [1.165, 1.54) is 12.1 Å². The summed E-state index contributed by atoms with van der Waals surface area (Å²) in [6.45, 7) is 1.67. The maximum absolute atomic E-state index is 11.8. The van der Waals surface area contributed by atoms with E-state index in [1.807, 2.05) is 0 Å². The first kappa shape index (κ1) is 15.0. The lowest BCUT2D eigenvalue weighted by atomic mass is 10.3. The van der Waals surface area contributed by atoms with E-state index in [2.05, 4.69) is 15.5 Å². The Morgan fingerprint density at radius 1 is 1.40 bits per heavy atom. The van der Waals surface area contributed by atoms with Gasteiger partial charge in [-0.3, -0.25) is 4.79 Å². The fourth-order valence-corrected chi connectivity index (χ4v) is 2.55. The van der Waals surface area contributed by atoms with E-state index in [9.17, 15) is 4.79 Å². The van der Waals surface area contributed by atoms with Crippen molar-refractivity contribution >= 4 is 52.2 Å². The smallest absolute Gasteiger partial charge is 0.277 e. The molecule has 0 atom stereocenters. The molecule has 0 unspecified atom stereocenters. The highest BCUT2D eigenvalue weighted by atomic mass is 35.5. The summed E-state index contributed by atoms with van der Waals surface area (Å²) in [6, 6.07) is 3.02. The van der Waals surface area contributed by atoms with E-state index in [0.717, 1.165) is 11.8 Å². The molecule has 1 aromatic heterocycles. The number of benzene rings is 1. The van der Waals surface area contributed by atoms with Crippen molar-refractivity contribution in [3.05, 3.63) is 28.1 Å². The Morgan fingerprint density at radius 2 is 2.05 bits per heavy atom. The molecule has 0 saturated heterocycles. The molecule has 6 nitrogen and oxygen atoms in total. The van der Waals surface area contributed by atoms with Gasteiger partial charge in [0.15, 0.2) is 0 Å². The van der Waals surface area contributed by atoms with Crippen LogP contribution in [0.25, 0.3) is 0 Å². The minimum Gasteiger partial charge on any atom is -0.416 e. The van der Waals surface area contributed by atoms with Crippen molar-refractivity contribution in [2.24, 2.45) is 0 Å². The minimum absolute atomic E-state index is 0.0959. The van der Waals surface area contributed by atoms with Gasteiger partial charge >= 0.3 is 0 Å². The van der Waals surface area contributed by atoms with Crippen LogP contribution in [0.1, 0.15) is 5.89 Å². The fourth-order valence-electron chi connectivity index (χ4n) is 1.35. The molecule has 0 saturated carbocycles. The number of hydrogen-bond donors (Lipinski definition) is 2. The number of nitrogens with zero attached hydrogens (tertiary/aromatic N) is 2. The number of aryl methyl sites for hydroxylation is 1. The molecule has 20 heavy (non-hydrogen) atoms. The number of nitrogen functional groups attached to an aromatic ring is 1. The fraction of sp³-hybridized carbons (Fsp3) is 0.182. The third-order valence-electron chi connectivity index (χ3n) is 2.16. The molecule has 1 amide bonds. The van der Waals surface area contributed by atoms with E-state index in [-0.39, 0.29) is 21.7 Å². The molecule has 0 aliphatic carbocycles.